The van der Waals surface area contributed by atoms with Gasteiger partial charge < -0.3 is 15.5 Å². The van der Waals surface area contributed by atoms with E-state index in [-0.39, 0.29) is 5.91 Å². The third-order valence-electron chi connectivity index (χ3n) is 3.44. The van der Waals surface area contributed by atoms with Crippen molar-refractivity contribution in [2.75, 3.05) is 18.1 Å². The number of hydrogen-bond acceptors (Lipinski definition) is 5. The molecular weight excluding hydrogens is 362 g/mol. The molecule has 0 aromatic heterocycles. The molecule has 0 unspecified atom stereocenters. The van der Waals surface area contributed by atoms with Gasteiger partial charge in [-0.3, -0.25) is 15.2 Å². The zero-order chi connectivity index (χ0) is 20.8. The van der Waals surface area contributed by atoms with E-state index in [9.17, 15) is 4.79 Å². The lowest BCUT2D eigenvalue weighted by Gasteiger charge is -2.25. The van der Waals surface area contributed by atoms with Crippen LogP contribution in [0.15, 0.2) is 60.7 Å². The summed E-state index contributed by atoms with van der Waals surface area (Å²) in [4.78, 5) is 30.3. The van der Waals surface area contributed by atoms with Crippen LogP contribution in [0.4, 0.5) is 11.4 Å². The second-order valence-corrected chi connectivity index (χ2v) is 5.68. The molecule has 1 amide bonds. The molecule has 28 heavy (non-hydrogen) atoms. The number of hydrazine groups is 1. The first kappa shape index (κ1) is 22.7. The normalized spacial score (nSPS) is 9.61. The minimum absolute atomic E-state index is 0.0520. The smallest absolute Gasteiger partial charge is 0.414 e. The summed E-state index contributed by atoms with van der Waals surface area (Å²) in [6.07, 6.45) is 2.20. The molecule has 0 heterocycles. The molecule has 2 aromatic carbocycles. The van der Waals surface area contributed by atoms with Crippen LogP contribution in [0.25, 0.3) is 0 Å². The lowest BCUT2D eigenvalue weighted by Crippen LogP contribution is -2.43. The van der Waals surface area contributed by atoms with Crippen molar-refractivity contribution < 1.29 is 24.6 Å². The van der Waals surface area contributed by atoms with Crippen LogP contribution in [0.3, 0.4) is 0 Å². The van der Waals surface area contributed by atoms with Crippen molar-refractivity contribution in [1.82, 2.24) is 10.7 Å². The molecule has 0 saturated carbocycles. The number of carboxylic acids is 2. The van der Waals surface area contributed by atoms with Crippen LogP contribution in [-0.2, 0) is 14.4 Å². The van der Waals surface area contributed by atoms with Crippen LogP contribution >= 0.6 is 0 Å². The number of hydrogen-bond donors (Lipinski definition) is 4. The Balaban J connectivity index is 0.000000568. The predicted octanol–water partition coefficient (Wildman–Crippen LogP) is 2.40. The Kier molecular flexibility index (Phi) is 10.4. The fourth-order valence-electron chi connectivity index (χ4n) is 2.10. The number of unbranched alkanes of at least 4 members (excludes halogenated alkanes) is 1. The van der Waals surface area contributed by atoms with Crippen molar-refractivity contribution in [3.63, 3.8) is 0 Å². The highest BCUT2D eigenvalue weighted by Crippen LogP contribution is 2.22. The molecule has 0 aliphatic carbocycles. The summed E-state index contributed by atoms with van der Waals surface area (Å²) in [6, 6.07) is 19.6. The largest absolute Gasteiger partial charge is 0.473 e. The highest BCUT2D eigenvalue weighted by atomic mass is 16.4. The van der Waals surface area contributed by atoms with Gasteiger partial charge in [-0.25, -0.2) is 9.59 Å². The third kappa shape index (κ3) is 8.81. The number of amides is 1. The van der Waals surface area contributed by atoms with Crippen molar-refractivity contribution >= 4 is 29.2 Å². The number of aliphatic carboxylic acids is 2. The summed E-state index contributed by atoms with van der Waals surface area (Å²) in [5, 5.41) is 19.7. The SMILES string of the molecule is CCCCNCC(=O)NN(c1ccccc1)c1ccccc1.O=C(O)C(=O)O. The molecule has 0 atom stereocenters. The van der Waals surface area contributed by atoms with Crippen LogP contribution in [0.1, 0.15) is 19.8 Å². The molecule has 0 bridgehead atoms. The lowest BCUT2D eigenvalue weighted by atomic mass is 10.2. The Morgan fingerprint density at radius 1 is 0.857 bits per heavy atom. The zero-order valence-electron chi connectivity index (χ0n) is 15.7. The summed E-state index contributed by atoms with van der Waals surface area (Å²) in [6.45, 7) is 3.31. The molecule has 0 aliphatic heterocycles. The van der Waals surface area contributed by atoms with Crippen molar-refractivity contribution in [2.45, 2.75) is 19.8 Å². The first-order chi connectivity index (χ1) is 13.5. The monoisotopic (exact) mass is 387 g/mol. The van der Waals surface area contributed by atoms with E-state index in [1.165, 1.54) is 0 Å². The molecule has 8 nitrogen and oxygen atoms in total. The van der Waals surface area contributed by atoms with E-state index in [1.807, 2.05) is 65.7 Å². The fraction of sp³-hybridized carbons (Fsp3) is 0.250. The number of carbonyl (C=O) groups is 3. The van der Waals surface area contributed by atoms with Gasteiger partial charge in [0.1, 0.15) is 0 Å². The Labute approximate surface area is 163 Å². The quantitative estimate of drug-likeness (QED) is 0.312. The Hall–Kier alpha value is -3.39. The summed E-state index contributed by atoms with van der Waals surface area (Å²) >= 11 is 0. The van der Waals surface area contributed by atoms with E-state index in [0.29, 0.717) is 6.54 Å². The summed E-state index contributed by atoms with van der Waals surface area (Å²) in [5.41, 5.74) is 4.81. The lowest BCUT2D eigenvalue weighted by molar-refractivity contribution is -0.159. The number of benzene rings is 2. The van der Waals surface area contributed by atoms with Crippen LogP contribution in [-0.4, -0.2) is 41.1 Å². The van der Waals surface area contributed by atoms with Crippen LogP contribution < -0.4 is 15.8 Å². The summed E-state index contributed by atoms with van der Waals surface area (Å²) in [5.74, 6) is -3.70. The minimum atomic E-state index is -1.82. The van der Waals surface area contributed by atoms with Crippen molar-refractivity contribution in [3.8, 4) is 0 Å². The maximum atomic E-state index is 12.1. The molecule has 150 valence electrons. The van der Waals surface area contributed by atoms with Gasteiger partial charge in [-0.05, 0) is 37.2 Å². The average Bonchev–Trinajstić information content (AvgIpc) is 2.71. The van der Waals surface area contributed by atoms with Crippen molar-refractivity contribution in [3.05, 3.63) is 60.7 Å². The summed E-state index contributed by atoms with van der Waals surface area (Å²) in [7, 11) is 0. The van der Waals surface area contributed by atoms with Crippen LogP contribution in [0.2, 0.25) is 0 Å². The van der Waals surface area contributed by atoms with Gasteiger partial charge in [0.15, 0.2) is 0 Å². The summed E-state index contributed by atoms with van der Waals surface area (Å²) < 4.78 is 0. The fourth-order valence-corrected chi connectivity index (χ4v) is 2.10. The molecule has 8 heteroatoms. The number of para-hydroxylation sites is 2. The van der Waals surface area contributed by atoms with Crippen molar-refractivity contribution in [2.24, 2.45) is 0 Å². The molecule has 0 radical (unpaired) electrons. The van der Waals surface area contributed by atoms with Gasteiger partial charge in [0.05, 0.1) is 17.9 Å². The first-order valence-corrected chi connectivity index (χ1v) is 8.82. The van der Waals surface area contributed by atoms with E-state index in [2.05, 4.69) is 17.7 Å². The second-order valence-electron chi connectivity index (χ2n) is 5.68. The van der Waals surface area contributed by atoms with Gasteiger partial charge in [-0.1, -0.05) is 49.7 Å². The van der Waals surface area contributed by atoms with Gasteiger partial charge >= 0.3 is 11.9 Å². The number of carbonyl (C=O) groups excluding carboxylic acids is 1. The Bertz CT molecular complexity index is 687. The number of nitrogens with zero attached hydrogens (tertiary/aromatic N) is 1. The first-order valence-electron chi connectivity index (χ1n) is 8.82. The van der Waals surface area contributed by atoms with E-state index >= 15 is 0 Å². The standard InChI is InChI=1S/C18H23N3O.C2H2O4/c1-2-3-14-19-15-18(22)20-21(16-10-6-4-7-11-16)17-12-8-5-9-13-17;3-1(4)2(5)6/h4-13,19H,2-3,14-15H2,1H3,(H,20,22);(H,3,4)(H,5,6). The van der Waals surface area contributed by atoms with Gasteiger partial charge in [-0.15, -0.1) is 0 Å². The number of rotatable bonds is 8. The van der Waals surface area contributed by atoms with Gasteiger partial charge in [0.2, 0.25) is 0 Å². The number of carboxylic acid groups (broad SMARTS) is 2. The minimum Gasteiger partial charge on any atom is -0.473 e. The molecular formula is C20H25N3O5. The zero-order valence-corrected chi connectivity index (χ0v) is 15.7. The van der Waals surface area contributed by atoms with Crippen LogP contribution in [0, 0.1) is 0 Å². The van der Waals surface area contributed by atoms with E-state index < -0.39 is 11.9 Å². The molecule has 0 spiro atoms. The number of anilines is 2. The average molecular weight is 387 g/mol. The molecule has 0 aliphatic rings. The highest BCUT2D eigenvalue weighted by molar-refractivity contribution is 6.27. The van der Waals surface area contributed by atoms with Gasteiger partial charge in [-0.2, -0.15) is 0 Å². The molecule has 2 rings (SSSR count). The predicted molar refractivity (Wildman–Crippen MR) is 106 cm³/mol. The van der Waals surface area contributed by atoms with E-state index in [1.54, 1.807) is 0 Å². The maximum absolute atomic E-state index is 12.1. The number of nitrogens with one attached hydrogen (secondary N) is 2. The van der Waals surface area contributed by atoms with Gasteiger partial charge in [0.25, 0.3) is 5.91 Å². The Morgan fingerprint density at radius 3 is 1.71 bits per heavy atom. The molecule has 4 N–H and O–H groups in total. The molecule has 0 saturated heterocycles. The highest BCUT2D eigenvalue weighted by Gasteiger charge is 2.11. The molecule has 2 aromatic rings. The topological polar surface area (TPSA) is 119 Å². The van der Waals surface area contributed by atoms with Gasteiger partial charge in [0, 0.05) is 0 Å². The Morgan fingerprint density at radius 2 is 1.32 bits per heavy atom. The second kappa shape index (κ2) is 12.9. The van der Waals surface area contributed by atoms with E-state index in [4.69, 9.17) is 19.8 Å². The third-order valence-corrected chi connectivity index (χ3v) is 3.44. The van der Waals surface area contributed by atoms with Crippen molar-refractivity contribution in [1.29, 1.82) is 0 Å². The van der Waals surface area contributed by atoms with E-state index in [0.717, 1.165) is 30.8 Å². The maximum Gasteiger partial charge on any atom is 0.414 e. The molecule has 0 fully saturated rings. The van der Waals surface area contributed by atoms with Crippen LogP contribution in [0.5, 0.6) is 0 Å².